The van der Waals surface area contributed by atoms with Crippen LogP contribution in [0.1, 0.15) is 68.6 Å². The van der Waals surface area contributed by atoms with E-state index in [-0.39, 0.29) is 5.91 Å². The first-order valence-corrected chi connectivity index (χ1v) is 13.9. The number of para-hydroxylation sites is 1. The number of nitrogens with one attached hydrogen (secondary N) is 2. The molecule has 0 atom stereocenters. The van der Waals surface area contributed by atoms with Crippen LogP contribution in [0.15, 0.2) is 51.7 Å². The molecule has 1 aliphatic heterocycles. The lowest BCUT2D eigenvalue weighted by Gasteiger charge is -2.21. The molecule has 2 aromatic rings. The predicted molar refractivity (Wildman–Crippen MR) is 156 cm³/mol. The Labute approximate surface area is 237 Å². The number of aromatic nitrogens is 2. The number of benzene rings is 1. The molecule has 1 aromatic carbocycles. The average molecular weight is 596 g/mol. The lowest BCUT2D eigenvalue weighted by atomic mass is 10.0. The normalized spacial score (nSPS) is 11.6. The summed E-state index contributed by atoms with van der Waals surface area (Å²) in [5.41, 5.74) is 5.79. The molecule has 8 nitrogen and oxygen atoms in total. The molecule has 39 heavy (non-hydrogen) atoms. The van der Waals surface area contributed by atoms with E-state index in [0.29, 0.717) is 30.2 Å². The van der Waals surface area contributed by atoms with Gasteiger partial charge in [0.25, 0.3) is 5.91 Å². The summed E-state index contributed by atoms with van der Waals surface area (Å²) in [5.74, 6) is 0.705. The first-order valence-electron chi connectivity index (χ1n) is 13.2. The lowest BCUT2D eigenvalue weighted by molar-refractivity contribution is 0.0635. The van der Waals surface area contributed by atoms with Crippen molar-refractivity contribution in [3.8, 4) is 22.3 Å². The van der Waals surface area contributed by atoms with E-state index >= 15 is 0 Å². The summed E-state index contributed by atoms with van der Waals surface area (Å²) < 4.78 is 13.9. The molecule has 206 valence electrons. The third kappa shape index (κ3) is 6.03. The maximum absolute atomic E-state index is 13.1. The highest BCUT2D eigenvalue weighted by molar-refractivity contribution is 9.10. The molecule has 2 N–H and O–H groups in total. The minimum Gasteiger partial charge on any atom is -0.472 e. The summed E-state index contributed by atoms with van der Waals surface area (Å²) in [6, 6.07) is 9.54. The van der Waals surface area contributed by atoms with Gasteiger partial charge in [0.2, 0.25) is 0 Å². The number of ether oxygens (including phenoxy) is 1. The van der Waals surface area contributed by atoms with Gasteiger partial charge >= 0.3 is 6.09 Å². The van der Waals surface area contributed by atoms with Crippen molar-refractivity contribution < 1.29 is 18.7 Å². The third-order valence-electron chi connectivity index (χ3n) is 6.27. The SMILES string of the molecule is CCCc1nc(C)c(C(=O)NCC)n1Cc1c2ccocc-2c(Br)c1-c1ccccc1NC(=O)OC(C)(C)C. The van der Waals surface area contributed by atoms with E-state index in [2.05, 4.69) is 33.5 Å². The smallest absolute Gasteiger partial charge is 0.412 e. The zero-order valence-corrected chi connectivity index (χ0v) is 24.9. The Morgan fingerprint density at radius 1 is 1.10 bits per heavy atom. The topological polar surface area (TPSA) is 98.4 Å². The number of rotatable bonds is 8. The Balaban J connectivity index is 1.90. The molecule has 1 aliphatic carbocycles. The van der Waals surface area contributed by atoms with Gasteiger partial charge in [0.15, 0.2) is 0 Å². The van der Waals surface area contributed by atoms with Gasteiger partial charge in [-0.25, -0.2) is 9.78 Å². The molecule has 0 radical (unpaired) electrons. The van der Waals surface area contributed by atoms with E-state index in [0.717, 1.165) is 51.0 Å². The molecule has 2 amide bonds. The van der Waals surface area contributed by atoms with Crippen molar-refractivity contribution in [2.75, 3.05) is 11.9 Å². The van der Waals surface area contributed by atoms with Crippen molar-refractivity contribution >= 4 is 33.6 Å². The van der Waals surface area contributed by atoms with Crippen molar-refractivity contribution in [2.24, 2.45) is 0 Å². The fourth-order valence-corrected chi connectivity index (χ4v) is 5.54. The monoisotopic (exact) mass is 594 g/mol. The highest BCUT2D eigenvalue weighted by Gasteiger charge is 2.28. The van der Waals surface area contributed by atoms with E-state index in [1.54, 1.807) is 12.5 Å². The average Bonchev–Trinajstić information content (AvgIpc) is 3.32. The molecule has 2 aliphatic rings. The molecule has 0 spiro atoms. The fourth-order valence-electron chi connectivity index (χ4n) is 4.78. The van der Waals surface area contributed by atoms with Crippen LogP contribution in [0.4, 0.5) is 10.5 Å². The molecule has 1 aromatic heterocycles. The Morgan fingerprint density at radius 3 is 2.54 bits per heavy atom. The largest absolute Gasteiger partial charge is 0.472 e. The van der Waals surface area contributed by atoms with Crippen LogP contribution in [0.5, 0.6) is 0 Å². The summed E-state index contributed by atoms with van der Waals surface area (Å²) in [7, 11) is 0. The predicted octanol–water partition coefficient (Wildman–Crippen LogP) is 7.42. The number of hydrogen-bond donors (Lipinski definition) is 2. The van der Waals surface area contributed by atoms with Crippen molar-refractivity contribution in [1.82, 2.24) is 14.9 Å². The van der Waals surface area contributed by atoms with E-state index in [9.17, 15) is 9.59 Å². The minimum absolute atomic E-state index is 0.150. The maximum Gasteiger partial charge on any atom is 0.412 e. The fraction of sp³-hybridized carbons (Fsp3) is 0.367. The molecule has 0 unspecified atom stereocenters. The number of carbonyl (C=O) groups excluding carboxylic acids is 2. The first-order chi connectivity index (χ1) is 18.6. The Kier molecular flexibility index (Phi) is 8.49. The van der Waals surface area contributed by atoms with Crippen LogP contribution in [0.25, 0.3) is 22.3 Å². The molecule has 9 heteroatoms. The molecule has 0 saturated carbocycles. The van der Waals surface area contributed by atoms with Crippen molar-refractivity contribution in [1.29, 1.82) is 0 Å². The summed E-state index contributed by atoms with van der Waals surface area (Å²) in [6.07, 6.45) is 4.44. The van der Waals surface area contributed by atoms with Gasteiger partial charge in [0.05, 0.1) is 30.5 Å². The highest BCUT2D eigenvalue weighted by Crippen LogP contribution is 2.48. The van der Waals surface area contributed by atoms with Crippen molar-refractivity contribution in [3.63, 3.8) is 0 Å². The number of nitrogens with zero attached hydrogens (tertiary/aromatic N) is 2. The van der Waals surface area contributed by atoms with Gasteiger partial charge in [-0.1, -0.05) is 25.1 Å². The number of carbonyl (C=O) groups is 2. The van der Waals surface area contributed by atoms with Crippen LogP contribution in [-0.4, -0.2) is 33.7 Å². The number of fused-ring (bicyclic) bond motifs is 1. The van der Waals surface area contributed by atoms with Gasteiger partial charge in [-0.15, -0.1) is 0 Å². The van der Waals surface area contributed by atoms with Gasteiger partial charge in [0.1, 0.15) is 17.1 Å². The van der Waals surface area contributed by atoms with Crippen LogP contribution in [-0.2, 0) is 17.7 Å². The third-order valence-corrected chi connectivity index (χ3v) is 7.09. The molecule has 2 heterocycles. The Bertz CT molecular complexity index is 1460. The second-order valence-corrected chi connectivity index (χ2v) is 11.2. The first kappa shape index (κ1) is 28.4. The number of hydrogen-bond acceptors (Lipinski definition) is 5. The summed E-state index contributed by atoms with van der Waals surface area (Å²) in [5, 5.41) is 5.86. The van der Waals surface area contributed by atoms with Gasteiger partial charge in [0, 0.05) is 34.1 Å². The Morgan fingerprint density at radius 2 is 1.85 bits per heavy atom. The molecular weight excluding hydrogens is 560 g/mol. The molecule has 0 bridgehead atoms. The molecular formula is C30H35BrN4O4. The zero-order chi connectivity index (χ0) is 28.3. The van der Waals surface area contributed by atoms with Gasteiger partial charge in [-0.05, 0) is 80.2 Å². The quantitative estimate of drug-likeness (QED) is 0.221. The maximum atomic E-state index is 13.1. The van der Waals surface area contributed by atoms with Gasteiger partial charge < -0.3 is 19.0 Å². The number of imidazole rings is 1. The summed E-state index contributed by atoms with van der Waals surface area (Å²) in [6.45, 7) is 12.3. The lowest BCUT2D eigenvalue weighted by Crippen LogP contribution is -2.27. The van der Waals surface area contributed by atoms with Crippen molar-refractivity contribution in [2.45, 2.75) is 66.5 Å². The second-order valence-electron chi connectivity index (χ2n) is 10.4. The van der Waals surface area contributed by atoms with E-state index in [1.165, 1.54) is 0 Å². The molecule has 4 rings (SSSR count). The van der Waals surface area contributed by atoms with Gasteiger partial charge in [-0.2, -0.15) is 0 Å². The number of anilines is 1. The number of aryl methyl sites for hydroxylation is 2. The van der Waals surface area contributed by atoms with Crippen LogP contribution in [0, 0.1) is 6.92 Å². The van der Waals surface area contributed by atoms with Crippen LogP contribution in [0.3, 0.4) is 0 Å². The molecule has 0 fully saturated rings. The van der Waals surface area contributed by atoms with Crippen LogP contribution >= 0.6 is 15.9 Å². The van der Waals surface area contributed by atoms with Crippen molar-refractivity contribution in [3.05, 3.63) is 70.1 Å². The van der Waals surface area contributed by atoms with E-state index in [4.69, 9.17) is 14.1 Å². The number of halogens is 1. The van der Waals surface area contributed by atoms with Gasteiger partial charge in [-0.3, -0.25) is 10.1 Å². The zero-order valence-electron chi connectivity index (χ0n) is 23.3. The second kappa shape index (κ2) is 11.7. The van der Waals surface area contributed by atoms with Crippen LogP contribution in [0.2, 0.25) is 0 Å². The summed E-state index contributed by atoms with van der Waals surface area (Å²) in [4.78, 5) is 30.7. The standard InChI is InChI=1S/C30H35BrN4O4/c1-7-11-24-33-18(3)27(28(36)32-8-2)35(24)16-21-19-14-15-38-17-22(19)26(31)25(21)20-12-9-10-13-23(20)34-29(37)39-30(4,5)6/h9-10,12-15,17H,7-8,11,16H2,1-6H3,(H,32,36)(H,34,37). The minimum atomic E-state index is -0.633. The summed E-state index contributed by atoms with van der Waals surface area (Å²) >= 11 is 3.82. The number of amides is 2. The van der Waals surface area contributed by atoms with E-state index < -0.39 is 11.7 Å². The molecule has 0 saturated heterocycles. The van der Waals surface area contributed by atoms with Crippen LogP contribution < -0.4 is 10.6 Å². The Hall–Kier alpha value is -3.59. The van der Waals surface area contributed by atoms with E-state index in [1.807, 2.05) is 69.5 Å². The highest BCUT2D eigenvalue weighted by atomic mass is 79.9.